The first-order valence-electron chi connectivity index (χ1n) is 11.4. The van der Waals surface area contributed by atoms with Gasteiger partial charge in [-0.1, -0.05) is 50.2 Å². The van der Waals surface area contributed by atoms with Crippen molar-refractivity contribution in [2.24, 2.45) is 5.92 Å². The molecule has 8 heteroatoms. The molecule has 0 radical (unpaired) electrons. The maximum absolute atomic E-state index is 12.1. The minimum absolute atomic E-state index is 0.113. The standard InChI is InChI=1S/C26H31N3O5/c1-4-32-21-7-5-6-8-22(21)33-17-25(31)29-28-24(30)13-14-26-27-16-23(34-26)20-11-9-19(10-12-20)15-18(2)3/h5-12,16,18H,4,13-15,17H2,1-3H3,(H,28,30)(H,29,31). The maximum Gasteiger partial charge on any atom is 0.276 e. The number of aromatic nitrogens is 1. The minimum Gasteiger partial charge on any atom is -0.490 e. The molecule has 34 heavy (non-hydrogen) atoms. The Bertz CT molecular complexity index is 1080. The van der Waals surface area contributed by atoms with Crippen LogP contribution in [0.3, 0.4) is 0 Å². The summed E-state index contributed by atoms with van der Waals surface area (Å²) in [6, 6.07) is 15.3. The Balaban J connectivity index is 1.40. The molecule has 0 aliphatic rings. The van der Waals surface area contributed by atoms with Crippen molar-refractivity contribution in [2.75, 3.05) is 13.2 Å². The van der Waals surface area contributed by atoms with E-state index in [4.69, 9.17) is 13.9 Å². The number of hydrazine groups is 1. The molecule has 0 bridgehead atoms. The van der Waals surface area contributed by atoms with E-state index in [0.29, 0.717) is 42.1 Å². The van der Waals surface area contributed by atoms with E-state index in [1.54, 1.807) is 24.4 Å². The zero-order chi connectivity index (χ0) is 24.3. The van der Waals surface area contributed by atoms with Crippen molar-refractivity contribution in [3.05, 3.63) is 66.2 Å². The highest BCUT2D eigenvalue weighted by atomic mass is 16.5. The predicted molar refractivity (Wildman–Crippen MR) is 128 cm³/mol. The SMILES string of the molecule is CCOc1ccccc1OCC(=O)NNC(=O)CCc1ncc(-c2ccc(CC(C)C)cc2)o1. The molecule has 1 aromatic heterocycles. The van der Waals surface area contributed by atoms with Crippen LogP contribution in [0, 0.1) is 5.92 Å². The van der Waals surface area contributed by atoms with Gasteiger partial charge in [0.15, 0.2) is 29.8 Å². The molecule has 0 aliphatic heterocycles. The summed E-state index contributed by atoms with van der Waals surface area (Å²) in [6.07, 6.45) is 3.11. The van der Waals surface area contributed by atoms with Crippen LogP contribution in [-0.4, -0.2) is 30.0 Å². The molecule has 8 nitrogen and oxygen atoms in total. The Morgan fingerprint density at radius 1 is 0.971 bits per heavy atom. The Hall–Kier alpha value is -3.81. The number of benzene rings is 2. The molecule has 0 fully saturated rings. The largest absolute Gasteiger partial charge is 0.490 e. The molecule has 2 aromatic carbocycles. The highest BCUT2D eigenvalue weighted by Crippen LogP contribution is 2.26. The van der Waals surface area contributed by atoms with E-state index in [9.17, 15) is 9.59 Å². The normalized spacial score (nSPS) is 10.7. The topological polar surface area (TPSA) is 103 Å². The number of carbonyl (C=O) groups excluding carboxylic acids is 2. The molecule has 2 N–H and O–H groups in total. The summed E-state index contributed by atoms with van der Waals surface area (Å²) in [7, 11) is 0. The van der Waals surface area contributed by atoms with Gasteiger partial charge in [-0.15, -0.1) is 0 Å². The molecule has 0 saturated carbocycles. The van der Waals surface area contributed by atoms with Crippen LogP contribution >= 0.6 is 0 Å². The second kappa shape index (κ2) is 12.4. The van der Waals surface area contributed by atoms with Crippen LogP contribution in [0.15, 0.2) is 59.1 Å². The molecular formula is C26H31N3O5. The highest BCUT2D eigenvalue weighted by Gasteiger charge is 2.11. The summed E-state index contributed by atoms with van der Waals surface area (Å²) in [4.78, 5) is 28.3. The van der Waals surface area contributed by atoms with E-state index in [1.807, 2.05) is 25.1 Å². The first kappa shape index (κ1) is 24.8. The molecule has 0 unspecified atom stereocenters. The number of oxazole rings is 1. The second-order valence-corrected chi connectivity index (χ2v) is 8.18. The fourth-order valence-electron chi connectivity index (χ4n) is 3.28. The predicted octanol–water partition coefficient (Wildman–Crippen LogP) is 4.10. The summed E-state index contributed by atoms with van der Waals surface area (Å²) >= 11 is 0. The second-order valence-electron chi connectivity index (χ2n) is 8.18. The van der Waals surface area contributed by atoms with Crippen LogP contribution < -0.4 is 20.3 Å². The number of nitrogens with one attached hydrogen (secondary N) is 2. The third-order valence-electron chi connectivity index (χ3n) is 4.85. The van der Waals surface area contributed by atoms with Gasteiger partial charge in [-0.05, 0) is 37.0 Å². The Kier molecular flexibility index (Phi) is 9.08. The van der Waals surface area contributed by atoms with Crippen molar-refractivity contribution in [3.8, 4) is 22.8 Å². The number of hydrogen-bond acceptors (Lipinski definition) is 6. The summed E-state index contributed by atoms with van der Waals surface area (Å²) in [6.45, 7) is 6.47. The van der Waals surface area contributed by atoms with E-state index in [-0.39, 0.29) is 18.9 Å². The minimum atomic E-state index is -0.487. The third kappa shape index (κ3) is 7.65. The molecule has 180 valence electrons. The number of amides is 2. The number of hydrogen-bond donors (Lipinski definition) is 2. The zero-order valence-corrected chi connectivity index (χ0v) is 19.8. The quantitative estimate of drug-likeness (QED) is 0.414. The molecule has 2 amide bonds. The smallest absolute Gasteiger partial charge is 0.276 e. The summed E-state index contributed by atoms with van der Waals surface area (Å²) < 4.78 is 16.7. The van der Waals surface area contributed by atoms with Gasteiger partial charge >= 0.3 is 0 Å². The van der Waals surface area contributed by atoms with Crippen molar-refractivity contribution in [2.45, 2.75) is 40.0 Å². The zero-order valence-electron chi connectivity index (χ0n) is 19.8. The number of nitrogens with zero attached hydrogens (tertiary/aromatic N) is 1. The van der Waals surface area contributed by atoms with Crippen LogP contribution in [-0.2, 0) is 22.4 Å². The fraction of sp³-hybridized carbons (Fsp3) is 0.346. The summed E-state index contributed by atoms with van der Waals surface area (Å²) in [5, 5.41) is 0. The molecule has 3 aromatic rings. The van der Waals surface area contributed by atoms with Crippen LogP contribution in [0.4, 0.5) is 0 Å². The van der Waals surface area contributed by atoms with Crippen molar-refractivity contribution >= 4 is 11.8 Å². The van der Waals surface area contributed by atoms with Gasteiger partial charge in [-0.25, -0.2) is 4.98 Å². The van der Waals surface area contributed by atoms with Crippen LogP contribution in [0.1, 0.15) is 38.6 Å². The molecule has 3 rings (SSSR count). The van der Waals surface area contributed by atoms with Crippen molar-refractivity contribution in [1.82, 2.24) is 15.8 Å². The number of rotatable bonds is 11. The fourth-order valence-corrected chi connectivity index (χ4v) is 3.28. The number of ether oxygens (including phenoxy) is 2. The average Bonchev–Trinajstić information content (AvgIpc) is 3.30. The Labute approximate surface area is 199 Å². The molecule has 0 atom stereocenters. The lowest BCUT2D eigenvalue weighted by Gasteiger charge is -2.12. The van der Waals surface area contributed by atoms with E-state index in [2.05, 4.69) is 41.8 Å². The van der Waals surface area contributed by atoms with Crippen LogP contribution in [0.2, 0.25) is 0 Å². The number of aryl methyl sites for hydroxylation is 1. The number of para-hydroxylation sites is 2. The van der Waals surface area contributed by atoms with E-state index < -0.39 is 5.91 Å². The van der Waals surface area contributed by atoms with Gasteiger partial charge in [-0.3, -0.25) is 20.4 Å². The lowest BCUT2D eigenvalue weighted by Crippen LogP contribution is -2.43. The average molecular weight is 466 g/mol. The molecule has 0 aliphatic carbocycles. The highest BCUT2D eigenvalue weighted by molar-refractivity contribution is 5.82. The maximum atomic E-state index is 12.1. The monoisotopic (exact) mass is 465 g/mol. The lowest BCUT2D eigenvalue weighted by atomic mass is 10.0. The van der Waals surface area contributed by atoms with Crippen LogP contribution in [0.5, 0.6) is 11.5 Å². The Morgan fingerprint density at radius 2 is 1.65 bits per heavy atom. The molecular weight excluding hydrogens is 434 g/mol. The molecule has 1 heterocycles. The van der Waals surface area contributed by atoms with Crippen LogP contribution in [0.25, 0.3) is 11.3 Å². The molecule has 0 saturated heterocycles. The van der Waals surface area contributed by atoms with Gasteiger partial charge in [0.05, 0.1) is 12.8 Å². The van der Waals surface area contributed by atoms with Gasteiger partial charge in [-0.2, -0.15) is 0 Å². The Morgan fingerprint density at radius 3 is 2.32 bits per heavy atom. The van der Waals surface area contributed by atoms with Crippen molar-refractivity contribution in [3.63, 3.8) is 0 Å². The van der Waals surface area contributed by atoms with Gasteiger partial charge in [0.1, 0.15) is 0 Å². The van der Waals surface area contributed by atoms with Gasteiger partial charge < -0.3 is 13.9 Å². The lowest BCUT2D eigenvalue weighted by molar-refractivity contribution is -0.130. The van der Waals surface area contributed by atoms with Crippen molar-refractivity contribution < 1.29 is 23.5 Å². The van der Waals surface area contributed by atoms with E-state index >= 15 is 0 Å². The number of carbonyl (C=O) groups is 2. The third-order valence-corrected chi connectivity index (χ3v) is 4.85. The summed E-state index contributed by atoms with van der Waals surface area (Å²) in [5.74, 6) is 1.88. The van der Waals surface area contributed by atoms with Gasteiger partial charge in [0, 0.05) is 18.4 Å². The van der Waals surface area contributed by atoms with Crippen molar-refractivity contribution in [1.29, 1.82) is 0 Å². The molecule has 0 spiro atoms. The van der Waals surface area contributed by atoms with E-state index in [1.165, 1.54) is 5.56 Å². The summed E-state index contributed by atoms with van der Waals surface area (Å²) in [5.41, 5.74) is 6.92. The van der Waals surface area contributed by atoms with E-state index in [0.717, 1.165) is 12.0 Å². The first-order valence-corrected chi connectivity index (χ1v) is 11.4. The van der Waals surface area contributed by atoms with Gasteiger partial charge in [0.25, 0.3) is 5.91 Å². The first-order chi connectivity index (χ1) is 16.4. The van der Waals surface area contributed by atoms with Gasteiger partial charge in [0.2, 0.25) is 5.91 Å².